The fourth-order valence-corrected chi connectivity index (χ4v) is 2.36. The molecule has 0 saturated carbocycles. The fourth-order valence-electron chi connectivity index (χ4n) is 2.36. The van der Waals surface area contributed by atoms with Gasteiger partial charge in [0.2, 0.25) is 0 Å². The second-order valence-electron chi connectivity index (χ2n) is 5.97. The Bertz CT molecular complexity index is 817. The predicted octanol–water partition coefficient (Wildman–Crippen LogP) is 2.61. The lowest BCUT2D eigenvalue weighted by Crippen LogP contribution is -2.32. The molecular formula is C20H22N2O5. The average Bonchev–Trinajstić information content (AvgIpc) is 2.64. The van der Waals surface area contributed by atoms with Gasteiger partial charge in [-0.1, -0.05) is 19.1 Å². The molecule has 1 atom stereocenters. The van der Waals surface area contributed by atoms with E-state index in [0.29, 0.717) is 23.4 Å². The summed E-state index contributed by atoms with van der Waals surface area (Å²) in [6.45, 7) is 3.35. The lowest BCUT2D eigenvalue weighted by Gasteiger charge is -2.17. The lowest BCUT2D eigenvalue weighted by atomic mass is 10.2. The van der Waals surface area contributed by atoms with Gasteiger partial charge < -0.3 is 20.5 Å². The van der Waals surface area contributed by atoms with Crippen molar-refractivity contribution < 1.29 is 24.2 Å². The van der Waals surface area contributed by atoms with Crippen molar-refractivity contribution in [2.24, 2.45) is 0 Å². The van der Waals surface area contributed by atoms with E-state index in [-0.39, 0.29) is 5.91 Å². The Morgan fingerprint density at radius 1 is 1.11 bits per heavy atom. The number of benzene rings is 2. The molecule has 1 unspecified atom stereocenters. The molecule has 0 aliphatic rings. The van der Waals surface area contributed by atoms with Gasteiger partial charge in [-0.25, -0.2) is 0 Å². The van der Waals surface area contributed by atoms with Gasteiger partial charge in [-0.05, 0) is 55.3 Å². The number of amides is 2. The molecule has 0 radical (unpaired) electrons. The summed E-state index contributed by atoms with van der Waals surface area (Å²) in [5.74, 6) is -1.28. The number of carboxylic acids is 1. The molecule has 0 aliphatic carbocycles. The molecule has 0 bridgehead atoms. The van der Waals surface area contributed by atoms with E-state index in [4.69, 9.17) is 9.84 Å². The van der Waals surface area contributed by atoms with Crippen LogP contribution in [0.3, 0.4) is 0 Å². The van der Waals surface area contributed by atoms with Crippen molar-refractivity contribution in [3.63, 3.8) is 0 Å². The minimum Gasteiger partial charge on any atom is -0.481 e. The first kappa shape index (κ1) is 20.0. The molecule has 142 valence electrons. The number of hydrogen-bond acceptors (Lipinski definition) is 4. The number of ether oxygens (including phenoxy) is 1. The van der Waals surface area contributed by atoms with E-state index >= 15 is 0 Å². The van der Waals surface area contributed by atoms with Crippen molar-refractivity contribution in [1.29, 1.82) is 0 Å². The van der Waals surface area contributed by atoms with Crippen molar-refractivity contribution in [2.45, 2.75) is 26.4 Å². The molecule has 7 nitrogen and oxygen atoms in total. The Balaban J connectivity index is 1.97. The SMILES string of the molecule is CCC(Oc1cccc(C)c1)C(=O)Nc1ccc(C(=O)NCC(=O)O)cc1. The maximum Gasteiger partial charge on any atom is 0.322 e. The topological polar surface area (TPSA) is 105 Å². The van der Waals surface area contributed by atoms with Gasteiger partial charge in [0.1, 0.15) is 12.3 Å². The summed E-state index contributed by atoms with van der Waals surface area (Å²) in [6, 6.07) is 13.6. The molecular weight excluding hydrogens is 348 g/mol. The van der Waals surface area contributed by atoms with Crippen LogP contribution in [0.1, 0.15) is 29.3 Å². The van der Waals surface area contributed by atoms with E-state index in [1.807, 2.05) is 32.0 Å². The third-order valence-corrected chi connectivity index (χ3v) is 3.75. The van der Waals surface area contributed by atoms with E-state index in [1.54, 1.807) is 18.2 Å². The first-order chi connectivity index (χ1) is 12.9. The predicted molar refractivity (Wildman–Crippen MR) is 101 cm³/mol. The Morgan fingerprint density at radius 3 is 2.41 bits per heavy atom. The molecule has 2 amide bonds. The van der Waals surface area contributed by atoms with Gasteiger partial charge in [-0.15, -0.1) is 0 Å². The van der Waals surface area contributed by atoms with E-state index in [1.165, 1.54) is 12.1 Å². The molecule has 2 aromatic carbocycles. The summed E-state index contributed by atoms with van der Waals surface area (Å²) < 4.78 is 5.76. The highest BCUT2D eigenvalue weighted by molar-refractivity contribution is 5.97. The molecule has 0 aromatic heterocycles. The second-order valence-corrected chi connectivity index (χ2v) is 5.97. The number of rotatable bonds is 8. The molecule has 0 fully saturated rings. The van der Waals surface area contributed by atoms with Crippen LogP contribution in [0.5, 0.6) is 5.75 Å². The number of hydrogen-bond donors (Lipinski definition) is 3. The lowest BCUT2D eigenvalue weighted by molar-refractivity contribution is -0.135. The van der Waals surface area contributed by atoms with Crippen LogP contribution < -0.4 is 15.4 Å². The maximum absolute atomic E-state index is 12.4. The Labute approximate surface area is 157 Å². The van der Waals surface area contributed by atoms with Crippen LogP contribution in [0, 0.1) is 6.92 Å². The Morgan fingerprint density at radius 2 is 1.81 bits per heavy atom. The molecule has 7 heteroatoms. The third-order valence-electron chi connectivity index (χ3n) is 3.75. The van der Waals surface area contributed by atoms with E-state index < -0.39 is 24.5 Å². The van der Waals surface area contributed by atoms with Crippen molar-refractivity contribution in [2.75, 3.05) is 11.9 Å². The minimum atomic E-state index is -1.12. The van der Waals surface area contributed by atoms with Crippen molar-refractivity contribution >= 4 is 23.5 Å². The van der Waals surface area contributed by atoms with Gasteiger partial charge in [0.15, 0.2) is 6.10 Å². The largest absolute Gasteiger partial charge is 0.481 e. The molecule has 0 heterocycles. The highest BCUT2D eigenvalue weighted by Gasteiger charge is 2.19. The average molecular weight is 370 g/mol. The van der Waals surface area contributed by atoms with Crippen molar-refractivity contribution in [3.05, 3.63) is 59.7 Å². The minimum absolute atomic E-state index is 0.290. The van der Waals surface area contributed by atoms with E-state index in [0.717, 1.165) is 5.56 Å². The smallest absolute Gasteiger partial charge is 0.322 e. The number of anilines is 1. The molecule has 2 aromatic rings. The van der Waals surface area contributed by atoms with Crippen LogP contribution in [-0.4, -0.2) is 35.5 Å². The van der Waals surface area contributed by atoms with Crippen LogP contribution in [-0.2, 0) is 9.59 Å². The molecule has 27 heavy (non-hydrogen) atoms. The molecule has 0 aliphatic heterocycles. The van der Waals surface area contributed by atoms with E-state index in [2.05, 4.69) is 10.6 Å². The zero-order valence-electron chi connectivity index (χ0n) is 15.2. The fraction of sp³-hybridized carbons (Fsp3) is 0.250. The van der Waals surface area contributed by atoms with Gasteiger partial charge in [0.25, 0.3) is 11.8 Å². The van der Waals surface area contributed by atoms with Crippen LogP contribution in [0.15, 0.2) is 48.5 Å². The van der Waals surface area contributed by atoms with E-state index in [9.17, 15) is 14.4 Å². The van der Waals surface area contributed by atoms with Crippen molar-refractivity contribution in [3.8, 4) is 5.75 Å². The van der Waals surface area contributed by atoms with Crippen LogP contribution in [0.2, 0.25) is 0 Å². The zero-order valence-corrected chi connectivity index (χ0v) is 15.2. The van der Waals surface area contributed by atoms with Gasteiger partial charge in [0.05, 0.1) is 0 Å². The Kier molecular flexibility index (Phi) is 6.93. The molecule has 3 N–H and O–H groups in total. The van der Waals surface area contributed by atoms with Crippen molar-refractivity contribution in [1.82, 2.24) is 5.32 Å². The summed E-state index contributed by atoms with van der Waals surface area (Å²) in [6.07, 6.45) is -0.152. The molecule has 0 saturated heterocycles. The summed E-state index contributed by atoms with van der Waals surface area (Å²) >= 11 is 0. The number of carboxylic acid groups (broad SMARTS) is 1. The van der Waals surface area contributed by atoms with Crippen LogP contribution in [0.25, 0.3) is 0 Å². The number of carbonyl (C=O) groups is 3. The zero-order chi connectivity index (χ0) is 19.8. The third kappa shape index (κ3) is 6.14. The summed E-state index contributed by atoms with van der Waals surface area (Å²) in [5.41, 5.74) is 1.86. The first-order valence-electron chi connectivity index (χ1n) is 8.53. The highest BCUT2D eigenvalue weighted by Crippen LogP contribution is 2.17. The summed E-state index contributed by atoms with van der Waals surface area (Å²) in [5, 5.41) is 13.6. The van der Waals surface area contributed by atoms with Gasteiger partial charge in [-0.2, -0.15) is 0 Å². The van der Waals surface area contributed by atoms with Crippen LogP contribution >= 0.6 is 0 Å². The Hall–Kier alpha value is -3.35. The van der Waals surface area contributed by atoms with Gasteiger partial charge in [0, 0.05) is 11.3 Å². The summed E-state index contributed by atoms with van der Waals surface area (Å²) in [4.78, 5) is 34.7. The number of aryl methyl sites for hydroxylation is 1. The first-order valence-corrected chi connectivity index (χ1v) is 8.53. The summed E-state index contributed by atoms with van der Waals surface area (Å²) in [7, 11) is 0. The molecule has 2 rings (SSSR count). The monoisotopic (exact) mass is 370 g/mol. The maximum atomic E-state index is 12.4. The van der Waals surface area contributed by atoms with Gasteiger partial charge in [-0.3, -0.25) is 14.4 Å². The number of carbonyl (C=O) groups excluding carboxylic acids is 2. The van der Waals surface area contributed by atoms with Gasteiger partial charge >= 0.3 is 5.97 Å². The van der Waals surface area contributed by atoms with Crippen LogP contribution in [0.4, 0.5) is 5.69 Å². The molecule has 0 spiro atoms. The number of nitrogens with one attached hydrogen (secondary N) is 2. The quantitative estimate of drug-likeness (QED) is 0.662. The highest BCUT2D eigenvalue weighted by atomic mass is 16.5. The normalized spacial score (nSPS) is 11.3. The second kappa shape index (κ2) is 9.38. The standard InChI is InChI=1S/C20H22N2O5/c1-3-17(27-16-6-4-5-13(2)11-16)20(26)22-15-9-7-14(8-10-15)19(25)21-12-18(23)24/h4-11,17H,3,12H2,1-2H3,(H,21,25)(H,22,26)(H,23,24). The number of aliphatic carboxylic acids is 1.